The second kappa shape index (κ2) is 9.16. The lowest BCUT2D eigenvalue weighted by molar-refractivity contribution is -0.00697. The number of carbonyl (C=O) groups is 1. The summed E-state index contributed by atoms with van der Waals surface area (Å²) >= 11 is 0. The van der Waals surface area contributed by atoms with Gasteiger partial charge in [0.05, 0.1) is 30.7 Å². The van der Waals surface area contributed by atoms with Crippen LogP contribution in [-0.2, 0) is 17.7 Å². The molecule has 1 amide bonds. The van der Waals surface area contributed by atoms with Gasteiger partial charge >= 0.3 is 0 Å². The average molecular weight is 387 g/mol. The molecule has 0 saturated carbocycles. The van der Waals surface area contributed by atoms with E-state index in [-0.39, 0.29) is 18.1 Å². The molecular weight excluding hydrogens is 358 g/mol. The minimum Gasteiger partial charge on any atom is -0.492 e. The highest BCUT2D eigenvalue weighted by Gasteiger charge is 2.29. The van der Waals surface area contributed by atoms with E-state index in [0.29, 0.717) is 31.0 Å². The molecule has 1 aliphatic heterocycles. The van der Waals surface area contributed by atoms with Gasteiger partial charge in [0.25, 0.3) is 5.91 Å². The maximum Gasteiger partial charge on any atom is 0.272 e. The van der Waals surface area contributed by atoms with Crippen molar-refractivity contribution in [1.29, 1.82) is 0 Å². The first-order valence-corrected chi connectivity index (χ1v) is 9.67. The van der Waals surface area contributed by atoms with Crippen LogP contribution in [0, 0.1) is 0 Å². The zero-order chi connectivity index (χ0) is 20.1. The monoisotopic (exact) mass is 387 g/mol. The Hall–Kier alpha value is -2.45. The molecule has 3 rings (SSSR count). The Kier molecular flexibility index (Phi) is 6.64. The van der Waals surface area contributed by atoms with Gasteiger partial charge in [-0.1, -0.05) is 0 Å². The van der Waals surface area contributed by atoms with Gasteiger partial charge in [0.15, 0.2) is 5.69 Å². The number of amides is 1. The Morgan fingerprint density at radius 1 is 1.43 bits per heavy atom. The number of fused-ring (bicyclic) bond motifs is 1. The fourth-order valence-electron chi connectivity index (χ4n) is 3.37. The van der Waals surface area contributed by atoms with Gasteiger partial charge in [0.2, 0.25) is 0 Å². The quantitative estimate of drug-likeness (QED) is 0.674. The molecule has 2 atom stereocenters. The fraction of sp³-hybridized carbons (Fsp3) is 0.550. The van der Waals surface area contributed by atoms with E-state index in [0.717, 1.165) is 29.8 Å². The molecule has 0 spiro atoms. The first-order valence-electron chi connectivity index (χ1n) is 9.67. The molecule has 8 heteroatoms. The fourth-order valence-corrected chi connectivity index (χ4v) is 3.37. The molecule has 0 aliphatic carbocycles. The van der Waals surface area contributed by atoms with Crippen LogP contribution >= 0.6 is 0 Å². The summed E-state index contributed by atoms with van der Waals surface area (Å²) in [6.07, 6.45) is 4.96. The topological polar surface area (TPSA) is 92.4 Å². The number of rotatable bonds is 8. The van der Waals surface area contributed by atoms with Crippen LogP contribution in [0.25, 0.3) is 0 Å². The van der Waals surface area contributed by atoms with Crippen molar-refractivity contribution in [2.45, 2.75) is 45.4 Å². The highest BCUT2D eigenvalue weighted by atomic mass is 16.5. The minimum absolute atomic E-state index is 0.0639. The lowest BCUT2D eigenvalue weighted by Gasteiger charge is -2.25. The van der Waals surface area contributed by atoms with Gasteiger partial charge in [-0.05, 0) is 40.4 Å². The first-order chi connectivity index (χ1) is 13.5. The second-order valence-corrected chi connectivity index (χ2v) is 7.43. The molecule has 0 unspecified atom stereocenters. The number of aromatic nitrogens is 3. The number of ether oxygens (including phenoxy) is 2. The zero-order valence-electron chi connectivity index (χ0n) is 17.0. The van der Waals surface area contributed by atoms with Crippen LogP contribution in [0.1, 0.15) is 53.7 Å². The van der Waals surface area contributed by atoms with Gasteiger partial charge in [-0.3, -0.25) is 14.9 Å². The number of pyridine rings is 1. The first kappa shape index (κ1) is 20.3. The minimum atomic E-state index is -0.200. The number of carbonyl (C=O) groups excluding carboxylic acids is 1. The van der Waals surface area contributed by atoms with Crippen molar-refractivity contribution in [3.8, 4) is 5.75 Å². The molecule has 0 radical (unpaired) electrons. The largest absolute Gasteiger partial charge is 0.492 e. The van der Waals surface area contributed by atoms with Crippen LogP contribution in [0.3, 0.4) is 0 Å². The van der Waals surface area contributed by atoms with Crippen LogP contribution in [0.15, 0.2) is 18.5 Å². The predicted molar refractivity (Wildman–Crippen MR) is 105 cm³/mol. The van der Waals surface area contributed by atoms with E-state index in [2.05, 4.69) is 25.4 Å². The highest BCUT2D eigenvalue weighted by Crippen LogP contribution is 2.30. The van der Waals surface area contributed by atoms with Crippen LogP contribution < -0.4 is 10.1 Å². The van der Waals surface area contributed by atoms with Crippen molar-refractivity contribution >= 4 is 5.91 Å². The van der Waals surface area contributed by atoms with Crippen LogP contribution in [-0.4, -0.2) is 59.3 Å². The van der Waals surface area contributed by atoms with E-state index < -0.39 is 0 Å². The van der Waals surface area contributed by atoms with Crippen molar-refractivity contribution in [3.63, 3.8) is 0 Å². The summed E-state index contributed by atoms with van der Waals surface area (Å²) in [5.74, 6) is 0.496. The summed E-state index contributed by atoms with van der Waals surface area (Å²) < 4.78 is 11.6. The predicted octanol–water partition coefficient (Wildman–Crippen LogP) is 2.09. The molecule has 2 N–H and O–H groups in total. The van der Waals surface area contributed by atoms with Crippen molar-refractivity contribution in [2.75, 3.05) is 27.2 Å². The highest BCUT2D eigenvalue weighted by molar-refractivity contribution is 5.94. The number of H-pyrrole nitrogens is 1. The zero-order valence-corrected chi connectivity index (χ0v) is 17.0. The lowest BCUT2D eigenvalue weighted by atomic mass is 9.99. The van der Waals surface area contributed by atoms with Crippen LogP contribution in [0.5, 0.6) is 5.75 Å². The Morgan fingerprint density at radius 3 is 3.04 bits per heavy atom. The summed E-state index contributed by atoms with van der Waals surface area (Å²) in [4.78, 5) is 19.0. The van der Waals surface area contributed by atoms with Gasteiger partial charge in [-0.2, -0.15) is 5.10 Å². The third kappa shape index (κ3) is 4.88. The molecule has 2 aromatic heterocycles. The molecule has 0 fully saturated rings. The van der Waals surface area contributed by atoms with E-state index in [9.17, 15) is 4.79 Å². The molecule has 3 heterocycles. The van der Waals surface area contributed by atoms with Crippen molar-refractivity contribution in [1.82, 2.24) is 25.4 Å². The Morgan fingerprint density at radius 2 is 2.25 bits per heavy atom. The molecule has 152 valence electrons. The number of hydrogen-bond donors (Lipinski definition) is 2. The summed E-state index contributed by atoms with van der Waals surface area (Å²) in [5, 5.41) is 10.1. The number of nitrogens with zero attached hydrogens (tertiary/aromatic N) is 3. The Labute approximate surface area is 165 Å². The molecule has 1 aliphatic rings. The van der Waals surface area contributed by atoms with E-state index in [4.69, 9.17) is 9.47 Å². The van der Waals surface area contributed by atoms with E-state index >= 15 is 0 Å². The van der Waals surface area contributed by atoms with Gasteiger partial charge in [-0.15, -0.1) is 0 Å². The maximum atomic E-state index is 12.7. The Balaban J connectivity index is 1.61. The lowest BCUT2D eigenvalue weighted by Crippen LogP contribution is -2.27. The smallest absolute Gasteiger partial charge is 0.272 e. The molecule has 2 aromatic rings. The molecular formula is C20H29N5O3. The molecule has 0 aromatic carbocycles. The van der Waals surface area contributed by atoms with Gasteiger partial charge in [0.1, 0.15) is 5.75 Å². The van der Waals surface area contributed by atoms with Gasteiger partial charge in [0, 0.05) is 36.8 Å². The summed E-state index contributed by atoms with van der Waals surface area (Å²) in [5.41, 5.74) is 3.16. The van der Waals surface area contributed by atoms with E-state index in [1.165, 1.54) is 0 Å². The summed E-state index contributed by atoms with van der Waals surface area (Å²) in [7, 11) is 4.07. The average Bonchev–Trinajstić information content (AvgIpc) is 3.08. The summed E-state index contributed by atoms with van der Waals surface area (Å²) in [6.45, 7) is 5.88. The number of nitrogens with one attached hydrogen (secondary N) is 2. The van der Waals surface area contributed by atoms with Gasteiger partial charge in [-0.25, -0.2) is 0 Å². The Bertz CT molecular complexity index is 805. The van der Waals surface area contributed by atoms with Crippen molar-refractivity contribution in [2.24, 2.45) is 0 Å². The third-order valence-electron chi connectivity index (χ3n) is 4.77. The number of aromatic amines is 1. The molecule has 0 bridgehead atoms. The van der Waals surface area contributed by atoms with Crippen molar-refractivity contribution < 1.29 is 14.3 Å². The second-order valence-electron chi connectivity index (χ2n) is 7.43. The van der Waals surface area contributed by atoms with Crippen molar-refractivity contribution in [3.05, 3.63) is 41.0 Å². The normalized spacial score (nSPS) is 18.8. The maximum absolute atomic E-state index is 12.7. The van der Waals surface area contributed by atoms with Gasteiger partial charge < -0.3 is 19.7 Å². The summed E-state index contributed by atoms with van der Waals surface area (Å²) in [6, 6.07) is 1.86. The van der Waals surface area contributed by atoms with Crippen LogP contribution in [0.2, 0.25) is 0 Å². The number of hydrogen-bond acceptors (Lipinski definition) is 6. The molecule has 28 heavy (non-hydrogen) atoms. The molecule has 0 saturated heterocycles. The van der Waals surface area contributed by atoms with E-state index in [1.54, 1.807) is 12.4 Å². The molecule has 8 nitrogen and oxygen atoms in total. The third-order valence-corrected chi connectivity index (χ3v) is 4.77. The van der Waals surface area contributed by atoms with E-state index in [1.807, 2.05) is 34.0 Å². The standard InChI is InChI=1S/C20H29N5O3/c1-13-10-16-18(14(2)28-13)23-24-19(16)20(26)22-11-15-6-7-21-12-17(15)27-9-5-8-25(3)4/h6-7,12-14H,5,8-11H2,1-4H3,(H,22,26)(H,23,24)/t13-,14+/m1/s1. The SMILES string of the molecule is C[C@@H]1Cc2c(C(=O)NCc3ccncc3OCCCN(C)C)n[nH]c2[C@H](C)O1. The van der Waals surface area contributed by atoms with Crippen LogP contribution in [0.4, 0.5) is 0 Å².